The molecule has 1 N–H and O–H groups in total. The summed E-state index contributed by atoms with van der Waals surface area (Å²) in [5.74, 6) is 0. The van der Waals surface area contributed by atoms with Crippen molar-refractivity contribution in [1.29, 1.82) is 0 Å². The molecule has 0 aliphatic heterocycles. The molecule has 0 bridgehead atoms. The van der Waals surface area contributed by atoms with Gasteiger partial charge in [-0.05, 0) is 25.0 Å². The first-order chi connectivity index (χ1) is 8.27. The first kappa shape index (κ1) is 11.6. The van der Waals surface area contributed by atoms with Crippen LogP contribution in [0.15, 0.2) is 30.5 Å². The van der Waals surface area contributed by atoms with Crippen LogP contribution in [-0.4, -0.2) is 17.2 Å². The number of hydrogen-bond donors (Lipinski definition) is 1. The molecule has 17 heavy (non-hydrogen) atoms. The van der Waals surface area contributed by atoms with E-state index in [2.05, 4.69) is 34.6 Å². The van der Waals surface area contributed by atoms with E-state index in [1.54, 1.807) is 0 Å². The maximum Gasteiger partial charge on any atom is 0.0638 e. The van der Waals surface area contributed by atoms with Crippen molar-refractivity contribution in [2.24, 2.45) is 0 Å². The van der Waals surface area contributed by atoms with Crippen molar-refractivity contribution in [2.75, 3.05) is 12.4 Å². The Bertz CT molecular complexity index is 521. The quantitative estimate of drug-likeness (QED) is 0.875. The molecular formula is C14H17N3. The van der Waals surface area contributed by atoms with Crippen LogP contribution in [0.2, 0.25) is 0 Å². The van der Waals surface area contributed by atoms with Crippen LogP contribution in [0.1, 0.15) is 18.2 Å². The largest absolute Gasteiger partial charge is 0.388 e. The summed E-state index contributed by atoms with van der Waals surface area (Å²) in [4.78, 5) is 0. The van der Waals surface area contributed by atoms with Crippen molar-refractivity contribution in [3.8, 4) is 11.1 Å². The van der Waals surface area contributed by atoms with Gasteiger partial charge in [0.2, 0.25) is 0 Å². The Balaban J connectivity index is 2.64. The number of hydrogen-bond acceptors (Lipinski definition) is 3. The average molecular weight is 227 g/mol. The lowest BCUT2D eigenvalue weighted by Gasteiger charge is -2.13. The molecule has 1 heterocycles. The first-order valence-corrected chi connectivity index (χ1v) is 5.86. The van der Waals surface area contributed by atoms with Crippen LogP contribution in [0, 0.1) is 6.92 Å². The Hall–Kier alpha value is -1.90. The lowest BCUT2D eigenvalue weighted by molar-refractivity contribution is 0.935. The molecule has 88 valence electrons. The molecule has 2 rings (SSSR count). The summed E-state index contributed by atoms with van der Waals surface area (Å²) in [6.07, 6.45) is 2.82. The minimum absolute atomic E-state index is 0.967. The van der Waals surface area contributed by atoms with Crippen LogP contribution < -0.4 is 5.32 Å². The lowest BCUT2D eigenvalue weighted by Crippen LogP contribution is -1.99. The van der Waals surface area contributed by atoms with Gasteiger partial charge in [-0.3, -0.25) is 0 Å². The van der Waals surface area contributed by atoms with E-state index in [-0.39, 0.29) is 0 Å². The highest BCUT2D eigenvalue weighted by Gasteiger charge is 2.10. The molecule has 0 aliphatic rings. The second-order valence-corrected chi connectivity index (χ2v) is 3.97. The minimum atomic E-state index is 0.967. The van der Waals surface area contributed by atoms with Crippen molar-refractivity contribution in [3.63, 3.8) is 0 Å². The number of nitrogens with one attached hydrogen (secondary N) is 1. The highest BCUT2D eigenvalue weighted by molar-refractivity contribution is 5.79. The predicted molar refractivity (Wildman–Crippen MR) is 71.1 cm³/mol. The van der Waals surface area contributed by atoms with Crippen LogP contribution in [-0.2, 0) is 6.42 Å². The SMILES string of the molecule is CCc1c(-c2ccccc2NC)cnnc1C. The van der Waals surface area contributed by atoms with Crippen molar-refractivity contribution < 1.29 is 0 Å². The van der Waals surface area contributed by atoms with Crippen LogP contribution in [0.4, 0.5) is 5.69 Å². The average Bonchev–Trinajstić information content (AvgIpc) is 2.38. The van der Waals surface area contributed by atoms with E-state index in [0.29, 0.717) is 0 Å². The van der Waals surface area contributed by atoms with Gasteiger partial charge in [0.1, 0.15) is 0 Å². The third kappa shape index (κ3) is 2.13. The predicted octanol–water partition coefficient (Wildman–Crippen LogP) is 3.06. The smallest absolute Gasteiger partial charge is 0.0638 e. The second kappa shape index (κ2) is 4.95. The summed E-state index contributed by atoms with van der Waals surface area (Å²) in [7, 11) is 1.94. The van der Waals surface area contributed by atoms with Crippen LogP contribution in [0.5, 0.6) is 0 Å². The number of aryl methyl sites for hydroxylation is 1. The van der Waals surface area contributed by atoms with Gasteiger partial charge < -0.3 is 5.32 Å². The lowest BCUT2D eigenvalue weighted by atomic mass is 9.98. The van der Waals surface area contributed by atoms with Crippen molar-refractivity contribution in [1.82, 2.24) is 10.2 Å². The summed E-state index contributed by atoms with van der Waals surface area (Å²) >= 11 is 0. The first-order valence-electron chi connectivity index (χ1n) is 5.86. The highest BCUT2D eigenvalue weighted by atomic mass is 15.1. The molecule has 1 aromatic heterocycles. The van der Waals surface area contributed by atoms with Crippen LogP contribution in [0.3, 0.4) is 0 Å². The van der Waals surface area contributed by atoms with Gasteiger partial charge in [-0.2, -0.15) is 10.2 Å². The maximum absolute atomic E-state index is 4.12. The monoisotopic (exact) mass is 227 g/mol. The van der Waals surface area contributed by atoms with E-state index in [4.69, 9.17) is 0 Å². The molecule has 0 aliphatic carbocycles. The van der Waals surface area contributed by atoms with Gasteiger partial charge in [-0.25, -0.2) is 0 Å². The standard InChI is InChI=1S/C14H17N3/c1-4-11-10(2)17-16-9-13(11)12-7-5-6-8-14(12)15-3/h5-9,15H,4H2,1-3H3. The Labute approximate surface area is 102 Å². The fourth-order valence-electron chi connectivity index (χ4n) is 2.12. The summed E-state index contributed by atoms with van der Waals surface area (Å²) in [6.45, 7) is 4.16. The number of nitrogens with zero attached hydrogens (tertiary/aromatic N) is 2. The third-order valence-corrected chi connectivity index (χ3v) is 3.00. The zero-order valence-electron chi connectivity index (χ0n) is 10.5. The molecule has 2 aromatic rings. The van der Waals surface area contributed by atoms with E-state index in [1.807, 2.05) is 32.3 Å². The second-order valence-electron chi connectivity index (χ2n) is 3.97. The molecule has 0 unspecified atom stereocenters. The fourth-order valence-corrected chi connectivity index (χ4v) is 2.12. The van der Waals surface area contributed by atoms with E-state index in [1.165, 1.54) is 16.7 Å². The molecule has 3 heteroatoms. The van der Waals surface area contributed by atoms with Crippen LogP contribution in [0.25, 0.3) is 11.1 Å². The number of para-hydroxylation sites is 1. The molecular weight excluding hydrogens is 210 g/mol. The minimum Gasteiger partial charge on any atom is -0.388 e. The molecule has 3 nitrogen and oxygen atoms in total. The normalized spacial score (nSPS) is 10.3. The fraction of sp³-hybridized carbons (Fsp3) is 0.286. The summed E-state index contributed by atoms with van der Waals surface area (Å²) in [6, 6.07) is 8.26. The number of benzene rings is 1. The van der Waals surface area contributed by atoms with Gasteiger partial charge in [0, 0.05) is 23.9 Å². The van der Waals surface area contributed by atoms with Gasteiger partial charge in [-0.15, -0.1) is 0 Å². The third-order valence-electron chi connectivity index (χ3n) is 3.00. The molecule has 0 amide bonds. The summed E-state index contributed by atoms with van der Waals surface area (Å²) in [5.41, 5.74) is 5.75. The Morgan fingerprint density at radius 1 is 1.18 bits per heavy atom. The zero-order valence-corrected chi connectivity index (χ0v) is 10.5. The zero-order chi connectivity index (χ0) is 12.3. The molecule has 0 saturated carbocycles. The molecule has 1 aromatic carbocycles. The highest BCUT2D eigenvalue weighted by Crippen LogP contribution is 2.30. The van der Waals surface area contributed by atoms with Gasteiger partial charge in [-0.1, -0.05) is 25.1 Å². The van der Waals surface area contributed by atoms with E-state index in [9.17, 15) is 0 Å². The molecule has 0 radical (unpaired) electrons. The molecule has 0 saturated heterocycles. The maximum atomic E-state index is 4.12. The van der Waals surface area contributed by atoms with Gasteiger partial charge in [0.05, 0.1) is 11.9 Å². The Morgan fingerprint density at radius 2 is 1.94 bits per heavy atom. The van der Waals surface area contributed by atoms with Crippen molar-refractivity contribution in [2.45, 2.75) is 20.3 Å². The number of aromatic nitrogens is 2. The van der Waals surface area contributed by atoms with E-state index >= 15 is 0 Å². The molecule has 0 fully saturated rings. The summed E-state index contributed by atoms with van der Waals surface area (Å²) in [5, 5.41) is 11.4. The number of rotatable bonds is 3. The topological polar surface area (TPSA) is 37.8 Å². The Morgan fingerprint density at radius 3 is 2.65 bits per heavy atom. The summed E-state index contributed by atoms with van der Waals surface area (Å²) < 4.78 is 0. The Kier molecular flexibility index (Phi) is 3.38. The molecule has 0 spiro atoms. The number of anilines is 1. The van der Waals surface area contributed by atoms with Gasteiger partial charge in [0.25, 0.3) is 0 Å². The van der Waals surface area contributed by atoms with Crippen molar-refractivity contribution >= 4 is 5.69 Å². The van der Waals surface area contributed by atoms with Crippen molar-refractivity contribution in [3.05, 3.63) is 41.7 Å². The van der Waals surface area contributed by atoms with Crippen LogP contribution >= 0.6 is 0 Å². The van der Waals surface area contributed by atoms with E-state index in [0.717, 1.165) is 17.8 Å². The molecule has 0 atom stereocenters. The van der Waals surface area contributed by atoms with Gasteiger partial charge in [0.15, 0.2) is 0 Å². The van der Waals surface area contributed by atoms with E-state index < -0.39 is 0 Å². The van der Waals surface area contributed by atoms with Gasteiger partial charge >= 0.3 is 0 Å².